The van der Waals surface area contributed by atoms with Crippen LogP contribution in [0.25, 0.3) is 0 Å². The maximum absolute atomic E-state index is 12.4. The van der Waals surface area contributed by atoms with Gasteiger partial charge in [0.15, 0.2) is 0 Å². The lowest BCUT2D eigenvalue weighted by molar-refractivity contribution is 0.0927. The van der Waals surface area contributed by atoms with Crippen LogP contribution in [0.15, 0.2) is 42.7 Å². The molecular weight excluding hydrogens is 314 g/mol. The zero-order valence-electron chi connectivity index (χ0n) is 14.6. The van der Waals surface area contributed by atoms with Crippen molar-refractivity contribution in [2.45, 2.75) is 45.1 Å². The molecule has 0 aliphatic heterocycles. The van der Waals surface area contributed by atoms with Gasteiger partial charge in [0.25, 0.3) is 5.91 Å². The molecular formula is C20H25N3O2. The fraction of sp³-hybridized carbons (Fsp3) is 0.400. The summed E-state index contributed by atoms with van der Waals surface area (Å²) in [5.74, 6) is 0.793. The van der Waals surface area contributed by atoms with Gasteiger partial charge >= 0.3 is 0 Å². The first kappa shape index (κ1) is 17.3. The number of benzene rings is 1. The van der Waals surface area contributed by atoms with E-state index in [-0.39, 0.29) is 5.91 Å². The number of pyridine rings is 1. The molecule has 1 aromatic carbocycles. The predicted octanol–water partition coefficient (Wildman–Crippen LogP) is 4.29. The highest BCUT2D eigenvalue weighted by molar-refractivity contribution is 5.95. The molecule has 1 aliphatic carbocycles. The van der Waals surface area contributed by atoms with Crippen LogP contribution in [0.4, 0.5) is 11.4 Å². The lowest BCUT2D eigenvalue weighted by Gasteiger charge is -2.22. The third-order valence-electron chi connectivity index (χ3n) is 4.39. The van der Waals surface area contributed by atoms with E-state index < -0.39 is 0 Å². The quantitative estimate of drug-likeness (QED) is 0.824. The zero-order valence-corrected chi connectivity index (χ0v) is 14.6. The lowest BCUT2D eigenvalue weighted by Crippen LogP contribution is -2.36. The molecule has 2 N–H and O–H groups in total. The summed E-state index contributed by atoms with van der Waals surface area (Å²) in [6.07, 6.45) is 9.14. The first-order chi connectivity index (χ1) is 12.2. The minimum atomic E-state index is -0.0465. The van der Waals surface area contributed by atoms with Crippen LogP contribution in [0.5, 0.6) is 5.75 Å². The van der Waals surface area contributed by atoms with E-state index in [0.29, 0.717) is 18.2 Å². The maximum Gasteiger partial charge on any atom is 0.253 e. The Morgan fingerprint density at radius 2 is 1.88 bits per heavy atom. The van der Waals surface area contributed by atoms with Crippen molar-refractivity contribution >= 4 is 17.3 Å². The van der Waals surface area contributed by atoms with E-state index in [0.717, 1.165) is 30.0 Å². The first-order valence-electron chi connectivity index (χ1n) is 9.00. The number of amides is 1. The number of hydrogen-bond donors (Lipinski definition) is 2. The second-order valence-corrected chi connectivity index (χ2v) is 6.35. The molecule has 2 aromatic rings. The van der Waals surface area contributed by atoms with Crippen molar-refractivity contribution in [3.63, 3.8) is 0 Å². The average molecular weight is 339 g/mol. The van der Waals surface area contributed by atoms with E-state index in [1.165, 1.54) is 19.3 Å². The van der Waals surface area contributed by atoms with Gasteiger partial charge in [-0.25, -0.2) is 0 Å². The Bertz CT molecular complexity index is 694. The normalized spacial score (nSPS) is 14.8. The van der Waals surface area contributed by atoms with E-state index >= 15 is 0 Å². The van der Waals surface area contributed by atoms with E-state index in [1.807, 2.05) is 37.3 Å². The minimum absolute atomic E-state index is 0.0465. The van der Waals surface area contributed by atoms with Crippen LogP contribution in [0, 0.1) is 0 Å². The smallest absolute Gasteiger partial charge is 0.253 e. The fourth-order valence-corrected chi connectivity index (χ4v) is 3.12. The zero-order chi connectivity index (χ0) is 17.5. The Morgan fingerprint density at radius 1 is 1.12 bits per heavy atom. The van der Waals surface area contributed by atoms with Gasteiger partial charge in [-0.15, -0.1) is 0 Å². The number of anilines is 2. The summed E-state index contributed by atoms with van der Waals surface area (Å²) in [5, 5.41) is 6.40. The van der Waals surface area contributed by atoms with Gasteiger partial charge in [0.2, 0.25) is 0 Å². The lowest BCUT2D eigenvalue weighted by atomic mass is 9.95. The second kappa shape index (κ2) is 8.51. The van der Waals surface area contributed by atoms with Crippen LogP contribution in [0.3, 0.4) is 0 Å². The molecule has 0 unspecified atom stereocenters. The van der Waals surface area contributed by atoms with Crippen LogP contribution in [-0.2, 0) is 0 Å². The molecule has 3 rings (SSSR count). The summed E-state index contributed by atoms with van der Waals surface area (Å²) in [5.41, 5.74) is 2.30. The van der Waals surface area contributed by atoms with Crippen molar-refractivity contribution in [2.24, 2.45) is 0 Å². The molecule has 1 saturated carbocycles. The van der Waals surface area contributed by atoms with Gasteiger partial charge < -0.3 is 15.4 Å². The van der Waals surface area contributed by atoms with Crippen LogP contribution in [-0.4, -0.2) is 23.5 Å². The molecule has 132 valence electrons. The highest BCUT2D eigenvalue weighted by atomic mass is 16.5. The van der Waals surface area contributed by atoms with Crippen molar-refractivity contribution < 1.29 is 9.53 Å². The molecule has 25 heavy (non-hydrogen) atoms. The highest BCUT2D eigenvalue weighted by Crippen LogP contribution is 2.21. The Labute approximate surface area is 148 Å². The molecule has 0 radical (unpaired) electrons. The summed E-state index contributed by atoms with van der Waals surface area (Å²) in [6, 6.07) is 9.85. The number of nitrogens with one attached hydrogen (secondary N) is 2. The molecule has 0 atom stereocenters. The fourth-order valence-electron chi connectivity index (χ4n) is 3.12. The van der Waals surface area contributed by atoms with Crippen molar-refractivity contribution in [1.82, 2.24) is 10.3 Å². The van der Waals surface area contributed by atoms with Crippen LogP contribution < -0.4 is 15.4 Å². The van der Waals surface area contributed by atoms with Crippen molar-refractivity contribution in [3.05, 3.63) is 48.3 Å². The van der Waals surface area contributed by atoms with Gasteiger partial charge in [-0.2, -0.15) is 0 Å². The predicted molar refractivity (Wildman–Crippen MR) is 99.5 cm³/mol. The molecule has 1 amide bonds. The van der Waals surface area contributed by atoms with Gasteiger partial charge in [-0.1, -0.05) is 19.3 Å². The number of hydrogen-bond acceptors (Lipinski definition) is 4. The summed E-state index contributed by atoms with van der Waals surface area (Å²) in [7, 11) is 0. The molecule has 5 nitrogen and oxygen atoms in total. The average Bonchev–Trinajstić information content (AvgIpc) is 2.65. The van der Waals surface area contributed by atoms with Gasteiger partial charge in [0, 0.05) is 17.9 Å². The standard InChI is InChI=1S/C20H25N3O2/c1-2-25-19-10-8-17(9-11-19)22-18-12-15(13-21-14-18)20(24)23-16-6-4-3-5-7-16/h8-14,16,22H,2-7H2,1H3,(H,23,24). The van der Waals surface area contributed by atoms with Crippen molar-refractivity contribution in [3.8, 4) is 5.75 Å². The molecule has 0 saturated heterocycles. The Hall–Kier alpha value is -2.56. The number of nitrogens with zero attached hydrogens (tertiary/aromatic N) is 1. The van der Waals surface area contributed by atoms with E-state index in [2.05, 4.69) is 15.6 Å². The van der Waals surface area contributed by atoms with Crippen molar-refractivity contribution in [2.75, 3.05) is 11.9 Å². The Morgan fingerprint density at radius 3 is 2.60 bits per heavy atom. The van der Waals surface area contributed by atoms with Crippen LogP contribution in [0.2, 0.25) is 0 Å². The monoisotopic (exact) mass is 339 g/mol. The van der Waals surface area contributed by atoms with Gasteiger partial charge in [0.1, 0.15) is 5.75 Å². The number of ether oxygens (including phenoxy) is 1. The van der Waals surface area contributed by atoms with Crippen LogP contribution >= 0.6 is 0 Å². The van der Waals surface area contributed by atoms with Gasteiger partial charge in [-0.3, -0.25) is 9.78 Å². The molecule has 1 heterocycles. The van der Waals surface area contributed by atoms with E-state index in [4.69, 9.17) is 4.74 Å². The Balaban J connectivity index is 1.63. The first-order valence-corrected chi connectivity index (χ1v) is 9.00. The van der Waals surface area contributed by atoms with E-state index in [1.54, 1.807) is 12.4 Å². The topological polar surface area (TPSA) is 63.2 Å². The summed E-state index contributed by atoms with van der Waals surface area (Å²) < 4.78 is 5.44. The largest absolute Gasteiger partial charge is 0.494 e. The minimum Gasteiger partial charge on any atom is -0.494 e. The molecule has 0 bridgehead atoms. The SMILES string of the molecule is CCOc1ccc(Nc2cncc(C(=O)NC3CCCCC3)c2)cc1. The molecule has 1 aromatic heterocycles. The molecule has 1 fully saturated rings. The Kier molecular flexibility index (Phi) is 5.88. The number of aromatic nitrogens is 1. The third-order valence-corrected chi connectivity index (χ3v) is 4.39. The second-order valence-electron chi connectivity index (χ2n) is 6.35. The van der Waals surface area contributed by atoms with Crippen LogP contribution in [0.1, 0.15) is 49.4 Å². The summed E-state index contributed by atoms with van der Waals surface area (Å²) in [6.45, 7) is 2.61. The van der Waals surface area contributed by atoms with Gasteiger partial charge in [0.05, 0.1) is 24.1 Å². The highest BCUT2D eigenvalue weighted by Gasteiger charge is 2.17. The van der Waals surface area contributed by atoms with Crippen molar-refractivity contribution in [1.29, 1.82) is 0 Å². The van der Waals surface area contributed by atoms with Gasteiger partial charge in [-0.05, 0) is 50.1 Å². The number of carbonyl (C=O) groups excluding carboxylic acids is 1. The molecule has 0 spiro atoms. The summed E-state index contributed by atoms with van der Waals surface area (Å²) in [4.78, 5) is 16.6. The number of carbonyl (C=O) groups is 1. The molecule has 5 heteroatoms. The maximum atomic E-state index is 12.4. The summed E-state index contributed by atoms with van der Waals surface area (Å²) >= 11 is 0. The third kappa shape index (κ3) is 4.95. The molecule has 1 aliphatic rings. The van der Waals surface area contributed by atoms with E-state index in [9.17, 15) is 4.79 Å². The number of rotatable bonds is 6.